The molecule has 1 atom stereocenters. The minimum absolute atomic E-state index is 0.791. The molecule has 0 bridgehead atoms. The van der Waals surface area contributed by atoms with E-state index in [2.05, 4.69) is 42.2 Å². The number of aliphatic hydroxyl groups is 1. The number of rotatable bonds is 1. The Labute approximate surface area is 141 Å². The Morgan fingerprint density at radius 2 is 1.21 bits per heavy atom. The molecular weight excluding hydrogens is 292 g/mol. The molecule has 0 saturated carbocycles. The molecule has 0 saturated heterocycles. The zero-order chi connectivity index (χ0) is 16.4. The molecule has 0 aromatic heterocycles. The van der Waals surface area contributed by atoms with Crippen LogP contribution in [0.25, 0.3) is 21.5 Å². The molecule has 0 heterocycles. The Bertz CT molecular complexity index is 1080. The summed E-state index contributed by atoms with van der Waals surface area (Å²) in [5.74, 6) is 6.03. The summed E-state index contributed by atoms with van der Waals surface area (Å²) in [6.45, 7) is 0. The Hall–Kier alpha value is -3.08. The lowest BCUT2D eigenvalue weighted by molar-refractivity contribution is 0.238. The van der Waals surface area contributed by atoms with Gasteiger partial charge in [0.1, 0.15) is 6.10 Å². The fraction of sp³-hybridized carbons (Fsp3) is 0.0435. The highest BCUT2D eigenvalue weighted by Crippen LogP contribution is 2.20. The number of hydrogen-bond acceptors (Lipinski definition) is 1. The van der Waals surface area contributed by atoms with Gasteiger partial charge < -0.3 is 5.11 Å². The van der Waals surface area contributed by atoms with Gasteiger partial charge in [0.05, 0.1) is 0 Å². The molecule has 1 heteroatoms. The molecule has 4 aromatic rings. The van der Waals surface area contributed by atoms with Gasteiger partial charge in [-0.1, -0.05) is 78.6 Å². The van der Waals surface area contributed by atoms with E-state index in [9.17, 15) is 5.11 Å². The maximum atomic E-state index is 10.4. The van der Waals surface area contributed by atoms with Gasteiger partial charge in [0, 0.05) is 5.56 Å². The minimum atomic E-state index is -0.791. The molecule has 0 unspecified atom stereocenters. The maximum absolute atomic E-state index is 10.4. The van der Waals surface area contributed by atoms with E-state index in [0.717, 1.165) is 27.3 Å². The minimum Gasteiger partial charge on any atom is -0.376 e. The zero-order valence-electron chi connectivity index (χ0n) is 13.1. The topological polar surface area (TPSA) is 20.2 Å². The molecule has 0 amide bonds. The normalized spacial score (nSPS) is 11.9. The number of benzene rings is 4. The van der Waals surface area contributed by atoms with Crippen LogP contribution in [0.15, 0.2) is 84.9 Å². The quantitative estimate of drug-likeness (QED) is 0.486. The summed E-state index contributed by atoms with van der Waals surface area (Å²) < 4.78 is 0. The highest BCUT2D eigenvalue weighted by molar-refractivity contribution is 5.84. The molecule has 0 radical (unpaired) electrons. The van der Waals surface area contributed by atoms with Crippen molar-refractivity contribution in [2.75, 3.05) is 0 Å². The van der Waals surface area contributed by atoms with Gasteiger partial charge in [0.2, 0.25) is 0 Å². The molecule has 4 aromatic carbocycles. The molecule has 1 N–H and O–H groups in total. The SMILES string of the molecule is O[C@@H](C#Cc1ccc2ccccc2c1)c1ccc2ccccc2c1. The van der Waals surface area contributed by atoms with Crippen molar-refractivity contribution in [1.82, 2.24) is 0 Å². The van der Waals surface area contributed by atoms with Gasteiger partial charge in [0.25, 0.3) is 0 Å². The van der Waals surface area contributed by atoms with Gasteiger partial charge in [-0.3, -0.25) is 0 Å². The van der Waals surface area contributed by atoms with Gasteiger partial charge in [-0.25, -0.2) is 0 Å². The third-order valence-electron chi connectivity index (χ3n) is 4.19. The van der Waals surface area contributed by atoms with Crippen LogP contribution < -0.4 is 0 Å². The maximum Gasteiger partial charge on any atom is 0.140 e. The lowest BCUT2D eigenvalue weighted by Gasteiger charge is -2.05. The second kappa shape index (κ2) is 6.20. The molecule has 0 aliphatic carbocycles. The van der Waals surface area contributed by atoms with Crippen LogP contribution in [0, 0.1) is 11.8 Å². The predicted molar refractivity (Wildman–Crippen MR) is 99.7 cm³/mol. The van der Waals surface area contributed by atoms with Crippen molar-refractivity contribution in [3.05, 3.63) is 96.1 Å². The Morgan fingerprint density at radius 3 is 1.92 bits per heavy atom. The van der Waals surface area contributed by atoms with E-state index in [0.29, 0.717) is 0 Å². The standard InChI is InChI=1S/C23H16O/c24-23(22-13-12-19-6-2-4-8-21(19)16-22)14-10-17-9-11-18-5-1-3-7-20(18)15-17/h1-9,11-13,15-16,23-24H/t23-/m0/s1. The molecule has 4 rings (SSSR count). The highest BCUT2D eigenvalue weighted by Gasteiger charge is 2.04. The van der Waals surface area contributed by atoms with Crippen LogP contribution in [0.3, 0.4) is 0 Å². The van der Waals surface area contributed by atoms with E-state index >= 15 is 0 Å². The Balaban J connectivity index is 1.64. The summed E-state index contributed by atoms with van der Waals surface area (Å²) >= 11 is 0. The summed E-state index contributed by atoms with van der Waals surface area (Å²) in [4.78, 5) is 0. The fourth-order valence-corrected chi connectivity index (χ4v) is 2.88. The number of fused-ring (bicyclic) bond motifs is 2. The van der Waals surface area contributed by atoms with Crippen LogP contribution in [0.5, 0.6) is 0 Å². The summed E-state index contributed by atoms with van der Waals surface area (Å²) in [5.41, 5.74) is 1.73. The summed E-state index contributed by atoms with van der Waals surface area (Å²) in [7, 11) is 0. The van der Waals surface area contributed by atoms with E-state index in [4.69, 9.17) is 0 Å². The monoisotopic (exact) mass is 308 g/mol. The van der Waals surface area contributed by atoms with Gasteiger partial charge in [-0.2, -0.15) is 0 Å². The van der Waals surface area contributed by atoms with E-state index < -0.39 is 6.10 Å². The first kappa shape index (κ1) is 14.5. The van der Waals surface area contributed by atoms with Crippen molar-refractivity contribution in [2.45, 2.75) is 6.10 Å². The molecule has 0 aliphatic rings. The molecule has 24 heavy (non-hydrogen) atoms. The van der Waals surface area contributed by atoms with E-state index in [1.807, 2.05) is 54.6 Å². The van der Waals surface area contributed by atoms with Crippen LogP contribution in [-0.2, 0) is 0 Å². The highest BCUT2D eigenvalue weighted by atomic mass is 16.3. The first-order valence-electron chi connectivity index (χ1n) is 7.97. The molecular formula is C23H16O. The van der Waals surface area contributed by atoms with Crippen molar-refractivity contribution in [1.29, 1.82) is 0 Å². The van der Waals surface area contributed by atoms with Crippen LogP contribution in [0.2, 0.25) is 0 Å². The number of aliphatic hydroxyl groups excluding tert-OH is 1. The summed E-state index contributed by atoms with van der Waals surface area (Å²) in [5, 5.41) is 15.0. The van der Waals surface area contributed by atoms with Gasteiger partial charge in [0.15, 0.2) is 0 Å². The molecule has 0 spiro atoms. The van der Waals surface area contributed by atoms with Crippen molar-refractivity contribution in [2.24, 2.45) is 0 Å². The van der Waals surface area contributed by atoms with Gasteiger partial charge >= 0.3 is 0 Å². The molecule has 0 fully saturated rings. The van der Waals surface area contributed by atoms with Crippen molar-refractivity contribution >= 4 is 21.5 Å². The average molecular weight is 308 g/mol. The number of hydrogen-bond donors (Lipinski definition) is 1. The van der Waals surface area contributed by atoms with Crippen molar-refractivity contribution < 1.29 is 5.11 Å². The Kier molecular flexibility index (Phi) is 3.75. The summed E-state index contributed by atoms with van der Waals surface area (Å²) in [6.07, 6.45) is -0.791. The first-order valence-corrected chi connectivity index (χ1v) is 7.97. The average Bonchev–Trinajstić information content (AvgIpc) is 2.65. The van der Waals surface area contributed by atoms with Crippen molar-refractivity contribution in [3.8, 4) is 11.8 Å². The van der Waals surface area contributed by atoms with Gasteiger partial charge in [-0.05, 0) is 45.3 Å². The lowest BCUT2D eigenvalue weighted by atomic mass is 10.0. The molecule has 1 nitrogen and oxygen atoms in total. The largest absolute Gasteiger partial charge is 0.376 e. The fourth-order valence-electron chi connectivity index (χ4n) is 2.88. The zero-order valence-corrected chi connectivity index (χ0v) is 13.1. The van der Waals surface area contributed by atoms with E-state index in [1.54, 1.807) is 0 Å². The van der Waals surface area contributed by atoms with Crippen LogP contribution in [0.1, 0.15) is 17.2 Å². The first-order chi connectivity index (χ1) is 11.8. The third-order valence-corrected chi connectivity index (χ3v) is 4.19. The third kappa shape index (κ3) is 2.88. The van der Waals surface area contributed by atoms with Crippen LogP contribution in [-0.4, -0.2) is 5.11 Å². The second-order valence-corrected chi connectivity index (χ2v) is 5.84. The second-order valence-electron chi connectivity index (χ2n) is 5.84. The Morgan fingerprint density at radius 1 is 0.625 bits per heavy atom. The molecule has 114 valence electrons. The smallest absolute Gasteiger partial charge is 0.140 e. The molecule has 0 aliphatic heterocycles. The van der Waals surface area contributed by atoms with Gasteiger partial charge in [-0.15, -0.1) is 0 Å². The predicted octanol–water partition coefficient (Wildman–Crippen LogP) is 5.08. The van der Waals surface area contributed by atoms with E-state index in [-0.39, 0.29) is 0 Å². The van der Waals surface area contributed by atoms with Crippen LogP contribution in [0.4, 0.5) is 0 Å². The van der Waals surface area contributed by atoms with Crippen LogP contribution >= 0.6 is 0 Å². The van der Waals surface area contributed by atoms with Crippen molar-refractivity contribution in [3.63, 3.8) is 0 Å². The van der Waals surface area contributed by atoms with E-state index in [1.165, 1.54) is 5.39 Å². The summed E-state index contributed by atoms with van der Waals surface area (Å²) in [6, 6.07) is 28.4. The lowest BCUT2D eigenvalue weighted by Crippen LogP contribution is -1.93.